The van der Waals surface area contributed by atoms with Crippen molar-refractivity contribution in [2.75, 3.05) is 7.11 Å². The molecule has 1 saturated carbocycles. The lowest BCUT2D eigenvalue weighted by molar-refractivity contribution is 0.0596. The zero-order valence-electron chi connectivity index (χ0n) is 18.7. The molecule has 0 aliphatic heterocycles. The standard InChI is InChI=1S/C27H31FN2O2/c1-32-27(31)25-15-7-5-10-21(25)18-30(23-12-3-2-4-13-23)20-24-14-9-17-29(24)19-22-11-6-8-16-26(22)28/h5-11,14-17,23H,2-4,12-13,18-20H2,1H3. The zero-order valence-corrected chi connectivity index (χ0v) is 18.7. The minimum absolute atomic E-state index is 0.178. The van der Waals surface area contributed by atoms with Crippen LogP contribution in [0.2, 0.25) is 0 Å². The third-order valence-corrected chi connectivity index (χ3v) is 6.47. The first-order valence-electron chi connectivity index (χ1n) is 11.4. The minimum atomic E-state index is -0.299. The molecule has 1 fully saturated rings. The molecule has 0 radical (unpaired) electrons. The zero-order chi connectivity index (χ0) is 22.3. The van der Waals surface area contributed by atoms with E-state index in [1.165, 1.54) is 32.4 Å². The van der Waals surface area contributed by atoms with Gasteiger partial charge in [0.15, 0.2) is 0 Å². The summed E-state index contributed by atoms with van der Waals surface area (Å²) in [5, 5.41) is 0. The molecule has 0 spiro atoms. The molecule has 1 aliphatic carbocycles. The van der Waals surface area contributed by atoms with Gasteiger partial charge in [-0.05, 0) is 42.7 Å². The molecule has 1 aromatic heterocycles. The van der Waals surface area contributed by atoms with Crippen LogP contribution in [-0.2, 0) is 24.4 Å². The lowest BCUT2D eigenvalue weighted by atomic mass is 9.93. The maximum atomic E-state index is 14.2. The summed E-state index contributed by atoms with van der Waals surface area (Å²) in [6, 6.07) is 19.2. The number of ether oxygens (including phenoxy) is 1. The van der Waals surface area contributed by atoms with Gasteiger partial charge in [-0.2, -0.15) is 0 Å². The molecule has 0 N–H and O–H groups in total. The Balaban J connectivity index is 1.59. The van der Waals surface area contributed by atoms with Crippen LogP contribution < -0.4 is 0 Å². The molecule has 3 aromatic rings. The fraction of sp³-hybridized carbons (Fsp3) is 0.370. The molecule has 5 heteroatoms. The SMILES string of the molecule is COC(=O)c1ccccc1CN(Cc1cccn1Cc1ccccc1F)C1CCCCC1. The smallest absolute Gasteiger partial charge is 0.338 e. The second kappa shape index (κ2) is 10.6. The third-order valence-electron chi connectivity index (χ3n) is 6.47. The van der Waals surface area contributed by atoms with Crippen LogP contribution in [-0.4, -0.2) is 28.6 Å². The maximum absolute atomic E-state index is 14.2. The highest BCUT2D eigenvalue weighted by Gasteiger charge is 2.24. The average Bonchev–Trinajstić information content (AvgIpc) is 3.27. The van der Waals surface area contributed by atoms with E-state index in [1.807, 2.05) is 48.7 Å². The molecule has 2 aromatic carbocycles. The Morgan fingerprint density at radius 2 is 1.69 bits per heavy atom. The first-order chi connectivity index (χ1) is 15.7. The number of esters is 1. The summed E-state index contributed by atoms with van der Waals surface area (Å²) < 4.78 is 21.4. The van der Waals surface area contributed by atoms with Crippen LogP contribution in [0, 0.1) is 5.82 Å². The Hall–Kier alpha value is -2.92. The van der Waals surface area contributed by atoms with Crippen molar-refractivity contribution in [2.24, 2.45) is 0 Å². The van der Waals surface area contributed by atoms with Crippen molar-refractivity contribution >= 4 is 5.97 Å². The lowest BCUT2D eigenvalue weighted by Gasteiger charge is -2.35. The van der Waals surface area contributed by atoms with Gasteiger partial charge in [0.05, 0.1) is 19.2 Å². The van der Waals surface area contributed by atoms with Crippen molar-refractivity contribution < 1.29 is 13.9 Å². The molecule has 1 aliphatic rings. The van der Waals surface area contributed by atoms with Gasteiger partial charge in [0, 0.05) is 36.6 Å². The van der Waals surface area contributed by atoms with E-state index in [2.05, 4.69) is 15.5 Å². The quantitative estimate of drug-likeness (QED) is 0.421. The molecular weight excluding hydrogens is 403 g/mol. The highest BCUT2D eigenvalue weighted by Crippen LogP contribution is 2.27. The summed E-state index contributed by atoms with van der Waals surface area (Å²) >= 11 is 0. The number of benzene rings is 2. The van der Waals surface area contributed by atoms with Gasteiger partial charge < -0.3 is 9.30 Å². The van der Waals surface area contributed by atoms with Crippen LogP contribution in [0.1, 0.15) is 59.3 Å². The predicted octanol–water partition coefficient (Wildman–Crippen LogP) is 5.80. The van der Waals surface area contributed by atoms with E-state index >= 15 is 0 Å². The van der Waals surface area contributed by atoms with E-state index in [4.69, 9.17) is 4.74 Å². The lowest BCUT2D eigenvalue weighted by Crippen LogP contribution is -2.36. The number of carbonyl (C=O) groups excluding carboxylic acids is 1. The summed E-state index contributed by atoms with van der Waals surface area (Å²) in [6.07, 6.45) is 8.09. The molecule has 168 valence electrons. The number of rotatable bonds is 8. The van der Waals surface area contributed by atoms with Gasteiger partial charge in [-0.1, -0.05) is 55.7 Å². The van der Waals surface area contributed by atoms with Gasteiger partial charge in [-0.25, -0.2) is 9.18 Å². The number of hydrogen-bond donors (Lipinski definition) is 0. The topological polar surface area (TPSA) is 34.5 Å². The minimum Gasteiger partial charge on any atom is -0.465 e. The third kappa shape index (κ3) is 5.28. The summed E-state index contributed by atoms with van der Waals surface area (Å²) in [5.41, 5.74) is 3.44. The number of hydrogen-bond acceptors (Lipinski definition) is 3. The monoisotopic (exact) mass is 434 g/mol. The van der Waals surface area contributed by atoms with E-state index in [9.17, 15) is 9.18 Å². The fourth-order valence-electron chi connectivity index (χ4n) is 4.71. The Morgan fingerprint density at radius 1 is 0.969 bits per heavy atom. The average molecular weight is 435 g/mol. The van der Waals surface area contributed by atoms with Gasteiger partial charge in [0.2, 0.25) is 0 Å². The number of methoxy groups -OCH3 is 1. The molecular formula is C27H31FN2O2. The van der Waals surface area contributed by atoms with Crippen LogP contribution in [0.3, 0.4) is 0 Å². The van der Waals surface area contributed by atoms with Crippen LogP contribution in [0.25, 0.3) is 0 Å². The Kier molecular flexibility index (Phi) is 7.38. The van der Waals surface area contributed by atoms with E-state index in [0.717, 1.165) is 30.6 Å². The van der Waals surface area contributed by atoms with Gasteiger partial charge in [0.25, 0.3) is 0 Å². The molecule has 0 amide bonds. The summed E-state index contributed by atoms with van der Waals surface area (Å²) in [5.74, 6) is -0.476. The van der Waals surface area contributed by atoms with Crippen molar-refractivity contribution in [3.05, 3.63) is 95.1 Å². The summed E-state index contributed by atoms with van der Waals surface area (Å²) in [7, 11) is 1.42. The maximum Gasteiger partial charge on any atom is 0.338 e. The first-order valence-corrected chi connectivity index (χ1v) is 11.4. The number of carbonyl (C=O) groups is 1. The van der Waals surface area contributed by atoms with Gasteiger partial charge in [-0.3, -0.25) is 4.90 Å². The first kappa shape index (κ1) is 22.3. The van der Waals surface area contributed by atoms with E-state index in [1.54, 1.807) is 6.07 Å². The van der Waals surface area contributed by atoms with Gasteiger partial charge in [-0.15, -0.1) is 0 Å². The molecule has 0 atom stereocenters. The molecule has 0 bridgehead atoms. The Labute approximate surface area is 189 Å². The van der Waals surface area contributed by atoms with Crippen molar-refractivity contribution in [1.29, 1.82) is 0 Å². The van der Waals surface area contributed by atoms with Crippen molar-refractivity contribution in [2.45, 2.75) is 57.8 Å². The van der Waals surface area contributed by atoms with E-state index < -0.39 is 0 Å². The largest absolute Gasteiger partial charge is 0.465 e. The van der Waals surface area contributed by atoms with Gasteiger partial charge >= 0.3 is 5.97 Å². The highest BCUT2D eigenvalue weighted by atomic mass is 19.1. The van der Waals surface area contributed by atoms with Crippen LogP contribution in [0.15, 0.2) is 66.9 Å². The molecule has 32 heavy (non-hydrogen) atoms. The Bertz CT molecular complexity index is 1040. The summed E-state index contributed by atoms with van der Waals surface area (Å²) in [4.78, 5) is 14.8. The van der Waals surface area contributed by atoms with E-state index in [-0.39, 0.29) is 11.8 Å². The fourth-order valence-corrected chi connectivity index (χ4v) is 4.71. The van der Waals surface area contributed by atoms with Crippen molar-refractivity contribution in [3.63, 3.8) is 0 Å². The second-order valence-electron chi connectivity index (χ2n) is 8.56. The molecule has 1 heterocycles. The molecule has 4 rings (SSSR count). The summed E-state index contributed by atoms with van der Waals surface area (Å²) in [6.45, 7) is 1.94. The molecule has 0 unspecified atom stereocenters. The normalized spacial score (nSPS) is 14.6. The van der Waals surface area contributed by atoms with E-state index in [0.29, 0.717) is 30.3 Å². The Morgan fingerprint density at radius 3 is 2.44 bits per heavy atom. The number of halogens is 1. The molecule has 0 saturated heterocycles. The van der Waals surface area contributed by atoms with Crippen LogP contribution in [0.4, 0.5) is 4.39 Å². The van der Waals surface area contributed by atoms with Crippen LogP contribution in [0.5, 0.6) is 0 Å². The van der Waals surface area contributed by atoms with Crippen molar-refractivity contribution in [3.8, 4) is 0 Å². The number of nitrogens with zero attached hydrogens (tertiary/aromatic N) is 2. The second-order valence-corrected chi connectivity index (χ2v) is 8.56. The van der Waals surface area contributed by atoms with Crippen molar-refractivity contribution in [1.82, 2.24) is 9.47 Å². The molecule has 4 nitrogen and oxygen atoms in total. The highest BCUT2D eigenvalue weighted by molar-refractivity contribution is 5.90. The van der Waals surface area contributed by atoms with Gasteiger partial charge in [0.1, 0.15) is 5.82 Å². The van der Waals surface area contributed by atoms with Crippen LogP contribution >= 0.6 is 0 Å². The number of aromatic nitrogens is 1. The predicted molar refractivity (Wildman–Crippen MR) is 124 cm³/mol.